The van der Waals surface area contributed by atoms with Crippen molar-refractivity contribution in [1.29, 1.82) is 0 Å². The number of rotatable bonds is 3. The molecule has 0 aliphatic rings. The summed E-state index contributed by atoms with van der Waals surface area (Å²) in [5, 5.41) is 8.63. The van der Waals surface area contributed by atoms with Crippen LogP contribution in [0.4, 0.5) is 8.78 Å². The van der Waals surface area contributed by atoms with Crippen LogP contribution in [0.2, 0.25) is 0 Å². The number of nitrogens with zero attached hydrogens (tertiary/aromatic N) is 2. The molecule has 0 aliphatic carbocycles. The zero-order valence-electron chi connectivity index (χ0n) is 10.3. The van der Waals surface area contributed by atoms with E-state index >= 15 is 0 Å². The fourth-order valence-electron chi connectivity index (χ4n) is 1.78. The molecule has 4 nitrogen and oxygen atoms in total. The van der Waals surface area contributed by atoms with Crippen LogP contribution in [0, 0.1) is 6.92 Å². The van der Waals surface area contributed by atoms with Gasteiger partial charge in [0.05, 0.1) is 4.47 Å². The first-order valence-corrected chi connectivity index (χ1v) is 6.32. The van der Waals surface area contributed by atoms with E-state index in [1.165, 1.54) is 25.4 Å². The highest BCUT2D eigenvalue weighted by Gasteiger charge is 2.42. The van der Waals surface area contributed by atoms with Gasteiger partial charge in [-0.25, -0.2) is 14.8 Å². The van der Waals surface area contributed by atoms with Crippen LogP contribution in [0.25, 0.3) is 11.4 Å². The maximum absolute atomic E-state index is 13.7. The standard InChI is InChI=1S/C13H9BrF2N2O2/c1-7-9(11-17-5-8(14)6-18-11)3-2-4-10(7)13(15,16)12(19)20/h2-6H,1H3,(H,19,20). The summed E-state index contributed by atoms with van der Waals surface area (Å²) >= 11 is 3.18. The van der Waals surface area contributed by atoms with Gasteiger partial charge in [-0.2, -0.15) is 8.78 Å². The van der Waals surface area contributed by atoms with Gasteiger partial charge < -0.3 is 5.11 Å². The van der Waals surface area contributed by atoms with Gasteiger partial charge >= 0.3 is 11.9 Å². The molecular formula is C13H9BrF2N2O2. The summed E-state index contributed by atoms with van der Waals surface area (Å²) in [4.78, 5) is 18.7. The number of benzene rings is 1. The Bertz CT molecular complexity index is 660. The molecule has 2 rings (SSSR count). The number of alkyl halides is 2. The van der Waals surface area contributed by atoms with E-state index in [2.05, 4.69) is 25.9 Å². The Kier molecular flexibility index (Phi) is 3.80. The van der Waals surface area contributed by atoms with E-state index < -0.39 is 17.5 Å². The molecule has 0 amide bonds. The summed E-state index contributed by atoms with van der Waals surface area (Å²) in [6.45, 7) is 1.42. The van der Waals surface area contributed by atoms with Crippen molar-refractivity contribution in [3.8, 4) is 11.4 Å². The maximum atomic E-state index is 13.7. The highest BCUT2D eigenvalue weighted by molar-refractivity contribution is 9.10. The van der Waals surface area contributed by atoms with Crippen molar-refractivity contribution in [2.45, 2.75) is 12.8 Å². The number of aliphatic carboxylic acids is 1. The van der Waals surface area contributed by atoms with Gasteiger partial charge in [0.15, 0.2) is 5.82 Å². The Morgan fingerprint density at radius 1 is 1.30 bits per heavy atom. The van der Waals surface area contributed by atoms with Gasteiger partial charge in [-0.1, -0.05) is 18.2 Å². The van der Waals surface area contributed by atoms with Crippen molar-refractivity contribution in [3.05, 3.63) is 46.2 Å². The summed E-state index contributed by atoms with van der Waals surface area (Å²) in [5.74, 6) is -5.88. The van der Waals surface area contributed by atoms with Gasteiger partial charge in [-0.15, -0.1) is 0 Å². The lowest BCUT2D eigenvalue weighted by molar-refractivity contribution is -0.166. The Hall–Kier alpha value is -1.89. The summed E-state index contributed by atoms with van der Waals surface area (Å²) < 4.78 is 28.0. The molecule has 0 saturated heterocycles. The molecule has 104 valence electrons. The highest BCUT2D eigenvalue weighted by atomic mass is 79.9. The van der Waals surface area contributed by atoms with E-state index in [9.17, 15) is 13.6 Å². The second-order valence-corrected chi connectivity index (χ2v) is 5.00. The Morgan fingerprint density at radius 3 is 2.45 bits per heavy atom. The summed E-state index contributed by atoms with van der Waals surface area (Å²) in [7, 11) is 0. The van der Waals surface area contributed by atoms with Gasteiger partial charge in [-0.3, -0.25) is 0 Å². The molecule has 0 fully saturated rings. The fourth-order valence-corrected chi connectivity index (χ4v) is 1.99. The average Bonchev–Trinajstić information content (AvgIpc) is 2.40. The molecule has 1 aromatic carbocycles. The Morgan fingerprint density at radius 2 is 1.90 bits per heavy atom. The lowest BCUT2D eigenvalue weighted by Gasteiger charge is -2.16. The molecule has 0 bridgehead atoms. The SMILES string of the molecule is Cc1c(-c2ncc(Br)cn2)cccc1C(F)(F)C(=O)O. The van der Waals surface area contributed by atoms with Crippen molar-refractivity contribution in [1.82, 2.24) is 9.97 Å². The number of hydrogen-bond donors (Lipinski definition) is 1. The fraction of sp³-hybridized carbons (Fsp3) is 0.154. The van der Waals surface area contributed by atoms with Gasteiger partial charge in [0, 0.05) is 23.5 Å². The van der Waals surface area contributed by atoms with E-state index in [1.54, 1.807) is 6.07 Å². The second-order valence-electron chi connectivity index (χ2n) is 4.08. The molecule has 0 aliphatic heterocycles. The van der Waals surface area contributed by atoms with E-state index in [0.29, 0.717) is 10.0 Å². The Balaban J connectivity index is 2.58. The number of aromatic nitrogens is 2. The van der Waals surface area contributed by atoms with Crippen LogP contribution >= 0.6 is 15.9 Å². The quantitative estimate of drug-likeness (QED) is 0.928. The number of carboxylic acids is 1. The molecular weight excluding hydrogens is 334 g/mol. The maximum Gasteiger partial charge on any atom is 0.379 e. The minimum absolute atomic E-state index is 0.141. The van der Waals surface area contributed by atoms with Crippen LogP contribution < -0.4 is 0 Å². The average molecular weight is 343 g/mol. The van der Waals surface area contributed by atoms with Crippen LogP contribution in [-0.2, 0) is 10.7 Å². The Labute approximate surface area is 121 Å². The third-order valence-corrected chi connectivity index (χ3v) is 3.21. The first-order valence-electron chi connectivity index (χ1n) is 5.53. The summed E-state index contributed by atoms with van der Waals surface area (Å²) in [6, 6.07) is 4.02. The first kappa shape index (κ1) is 14.5. The normalized spacial score (nSPS) is 11.4. The van der Waals surface area contributed by atoms with Crippen LogP contribution in [0.15, 0.2) is 35.1 Å². The number of carbonyl (C=O) groups is 1. The van der Waals surface area contributed by atoms with Crippen LogP contribution in [0.3, 0.4) is 0 Å². The molecule has 0 unspecified atom stereocenters. The van der Waals surface area contributed by atoms with Crippen molar-refractivity contribution < 1.29 is 18.7 Å². The third-order valence-electron chi connectivity index (χ3n) is 2.80. The van der Waals surface area contributed by atoms with Gasteiger partial charge in [-0.05, 0) is 28.4 Å². The molecule has 20 heavy (non-hydrogen) atoms. The number of carboxylic acid groups (broad SMARTS) is 1. The molecule has 7 heteroatoms. The van der Waals surface area contributed by atoms with E-state index in [-0.39, 0.29) is 11.4 Å². The third kappa shape index (κ3) is 2.53. The van der Waals surface area contributed by atoms with Crippen LogP contribution in [0.1, 0.15) is 11.1 Å². The molecule has 0 radical (unpaired) electrons. The van der Waals surface area contributed by atoms with E-state index in [4.69, 9.17) is 5.11 Å². The van der Waals surface area contributed by atoms with Crippen molar-refractivity contribution in [2.24, 2.45) is 0 Å². The number of hydrogen-bond acceptors (Lipinski definition) is 3. The van der Waals surface area contributed by atoms with Crippen molar-refractivity contribution >= 4 is 21.9 Å². The van der Waals surface area contributed by atoms with Crippen LogP contribution in [0.5, 0.6) is 0 Å². The van der Waals surface area contributed by atoms with E-state index in [0.717, 1.165) is 6.07 Å². The smallest absolute Gasteiger partial charge is 0.379 e. The summed E-state index contributed by atoms with van der Waals surface area (Å²) in [5.41, 5.74) is -0.0489. The first-order chi connectivity index (χ1) is 9.34. The van der Waals surface area contributed by atoms with Gasteiger partial charge in [0.2, 0.25) is 0 Å². The van der Waals surface area contributed by atoms with Crippen molar-refractivity contribution in [2.75, 3.05) is 0 Å². The molecule has 0 saturated carbocycles. The predicted molar refractivity (Wildman–Crippen MR) is 71.4 cm³/mol. The zero-order chi connectivity index (χ0) is 14.9. The topological polar surface area (TPSA) is 63.1 Å². The molecule has 0 spiro atoms. The van der Waals surface area contributed by atoms with Crippen molar-refractivity contribution in [3.63, 3.8) is 0 Å². The van der Waals surface area contributed by atoms with E-state index in [1.807, 2.05) is 0 Å². The molecule has 0 atom stereocenters. The number of halogens is 3. The second kappa shape index (κ2) is 5.24. The minimum atomic E-state index is -3.95. The zero-order valence-corrected chi connectivity index (χ0v) is 11.9. The molecule has 2 aromatic rings. The highest BCUT2D eigenvalue weighted by Crippen LogP contribution is 2.34. The minimum Gasteiger partial charge on any atom is -0.477 e. The van der Waals surface area contributed by atoms with Gasteiger partial charge in [0.25, 0.3) is 0 Å². The van der Waals surface area contributed by atoms with Crippen LogP contribution in [-0.4, -0.2) is 21.0 Å². The lowest BCUT2D eigenvalue weighted by Crippen LogP contribution is -2.26. The molecule has 1 N–H and O–H groups in total. The summed E-state index contributed by atoms with van der Waals surface area (Å²) in [6.07, 6.45) is 2.98. The molecule has 1 aromatic heterocycles. The molecule has 1 heterocycles. The lowest BCUT2D eigenvalue weighted by atomic mass is 9.97. The monoisotopic (exact) mass is 342 g/mol. The largest absolute Gasteiger partial charge is 0.477 e. The van der Waals surface area contributed by atoms with Gasteiger partial charge in [0.1, 0.15) is 0 Å². The predicted octanol–water partition coefficient (Wildman–Crippen LogP) is 3.39.